The van der Waals surface area contributed by atoms with E-state index in [1.807, 2.05) is 0 Å². The van der Waals surface area contributed by atoms with E-state index in [1.165, 1.54) is 24.3 Å². The molecule has 114 valence electrons. The van der Waals surface area contributed by atoms with Gasteiger partial charge >= 0.3 is 11.2 Å². The molecule has 0 heterocycles. The third kappa shape index (κ3) is 2.83. The fraction of sp³-hybridized carbons (Fsp3) is 0.429. The highest BCUT2D eigenvalue weighted by Crippen LogP contribution is 2.42. The summed E-state index contributed by atoms with van der Waals surface area (Å²) < 4.78 is 44.8. The largest absolute Gasteiger partial charge is 0.414 e. The van der Waals surface area contributed by atoms with Gasteiger partial charge in [0.1, 0.15) is 5.78 Å². The van der Waals surface area contributed by atoms with E-state index >= 15 is 4.39 Å². The number of halogens is 1. The van der Waals surface area contributed by atoms with E-state index in [9.17, 15) is 18.0 Å². The van der Waals surface area contributed by atoms with Crippen LogP contribution in [0.15, 0.2) is 35.2 Å². The normalized spacial score (nSPS) is 21.8. The summed E-state index contributed by atoms with van der Waals surface area (Å²) in [7, 11) is -4.56. The van der Waals surface area contributed by atoms with Crippen molar-refractivity contribution in [3.05, 3.63) is 30.3 Å². The van der Waals surface area contributed by atoms with Crippen LogP contribution in [0.2, 0.25) is 0 Å². The van der Waals surface area contributed by atoms with E-state index in [-0.39, 0.29) is 29.9 Å². The van der Waals surface area contributed by atoms with E-state index in [1.54, 1.807) is 6.07 Å². The quantitative estimate of drug-likeness (QED) is 0.795. The molecule has 1 aromatic rings. The molecule has 2 rings (SSSR count). The van der Waals surface area contributed by atoms with Crippen molar-refractivity contribution in [2.24, 2.45) is 5.92 Å². The molecule has 0 saturated heterocycles. The van der Waals surface area contributed by atoms with Crippen LogP contribution in [0.25, 0.3) is 0 Å². The van der Waals surface area contributed by atoms with Crippen LogP contribution in [0.4, 0.5) is 4.39 Å². The number of ether oxygens (including phenoxy) is 1. The number of hydrogen-bond acceptors (Lipinski definition) is 5. The van der Waals surface area contributed by atoms with Crippen LogP contribution in [0.5, 0.6) is 0 Å². The summed E-state index contributed by atoms with van der Waals surface area (Å²) in [5, 5.41) is -3.22. The molecule has 1 saturated carbocycles. The zero-order chi connectivity index (χ0) is 15.7. The Kier molecular flexibility index (Phi) is 4.13. The van der Waals surface area contributed by atoms with E-state index in [4.69, 9.17) is 0 Å². The van der Waals surface area contributed by atoms with Gasteiger partial charge in [0, 0.05) is 19.8 Å². The van der Waals surface area contributed by atoms with Gasteiger partial charge in [0.15, 0.2) is 0 Å². The Hall–Kier alpha value is -1.76. The predicted octanol–water partition coefficient (Wildman–Crippen LogP) is 2.02. The van der Waals surface area contributed by atoms with Crippen molar-refractivity contribution in [2.45, 2.75) is 36.3 Å². The number of esters is 1. The Morgan fingerprint density at radius 2 is 1.95 bits per heavy atom. The summed E-state index contributed by atoms with van der Waals surface area (Å²) in [6.07, 6.45) is -0.133. The lowest BCUT2D eigenvalue weighted by molar-refractivity contribution is -0.170. The molecule has 7 heteroatoms. The second-order valence-corrected chi connectivity index (χ2v) is 7.01. The number of carbonyl (C=O) groups is 2. The summed E-state index contributed by atoms with van der Waals surface area (Å²) in [4.78, 5) is 22.2. The Morgan fingerprint density at radius 3 is 2.43 bits per heavy atom. The number of benzene rings is 1. The van der Waals surface area contributed by atoms with Crippen molar-refractivity contribution in [1.82, 2.24) is 0 Å². The highest BCUT2D eigenvalue weighted by molar-refractivity contribution is 7.92. The average Bonchev–Trinajstić information content (AvgIpc) is 2.86. The van der Waals surface area contributed by atoms with Crippen LogP contribution >= 0.6 is 0 Å². The van der Waals surface area contributed by atoms with Crippen LogP contribution in [-0.4, -0.2) is 25.4 Å². The topological polar surface area (TPSA) is 77.5 Å². The molecule has 2 atom stereocenters. The SMILES string of the molecule is CC(=O)OC(F)(C1CCC(=O)C1)S(=O)(=O)c1ccccc1. The van der Waals surface area contributed by atoms with Crippen molar-refractivity contribution < 1.29 is 27.1 Å². The molecule has 1 aromatic carbocycles. The maximum atomic E-state index is 15.2. The molecule has 0 aliphatic heterocycles. The smallest absolute Gasteiger partial charge is 0.359 e. The molecule has 0 bridgehead atoms. The second-order valence-electron chi connectivity index (χ2n) is 4.97. The van der Waals surface area contributed by atoms with Crippen LogP contribution in [0, 0.1) is 5.92 Å². The number of carbonyl (C=O) groups excluding carboxylic acids is 2. The summed E-state index contributed by atoms with van der Waals surface area (Å²) in [6, 6.07) is 6.93. The zero-order valence-corrected chi connectivity index (χ0v) is 12.2. The van der Waals surface area contributed by atoms with Crippen molar-refractivity contribution in [2.75, 3.05) is 0 Å². The number of alkyl halides is 1. The fourth-order valence-corrected chi connectivity index (χ4v) is 4.13. The van der Waals surface area contributed by atoms with Gasteiger partial charge in [0.25, 0.3) is 9.84 Å². The first kappa shape index (κ1) is 15.6. The van der Waals surface area contributed by atoms with Gasteiger partial charge in [-0.2, -0.15) is 4.39 Å². The van der Waals surface area contributed by atoms with E-state index in [0.29, 0.717) is 0 Å². The van der Waals surface area contributed by atoms with Gasteiger partial charge in [-0.15, -0.1) is 0 Å². The van der Waals surface area contributed by atoms with Crippen molar-refractivity contribution >= 4 is 21.6 Å². The van der Waals surface area contributed by atoms with Gasteiger partial charge in [-0.25, -0.2) is 8.42 Å². The van der Waals surface area contributed by atoms with Gasteiger partial charge < -0.3 is 4.74 Å². The summed E-state index contributed by atoms with van der Waals surface area (Å²) >= 11 is 0. The fourth-order valence-electron chi connectivity index (χ4n) is 2.42. The minimum atomic E-state index is -4.56. The molecule has 5 nitrogen and oxygen atoms in total. The summed E-state index contributed by atoms with van der Waals surface area (Å²) in [6.45, 7) is 0.936. The Balaban J connectivity index is 2.49. The molecular weight excluding hydrogens is 299 g/mol. The molecule has 0 N–H and O–H groups in total. The van der Waals surface area contributed by atoms with Crippen LogP contribution in [0.1, 0.15) is 26.2 Å². The van der Waals surface area contributed by atoms with Crippen LogP contribution in [0.3, 0.4) is 0 Å². The first-order chi connectivity index (χ1) is 9.77. The lowest BCUT2D eigenvalue weighted by Gasteiger charge is -2.29. The third-order valence-corrected chi connectivity index (χ3v) is 5.48. The lowest BCUT2D eigenvalue weighted by Crippen LogP contribution is -2.44. The Morgan fingerprint density at radius 1 is 1.33 bits per heavy atom. The van der Waals surface area contributed by atoms with Crippen molar-refractivity contribution in [3.8, 4) is 0 Å². The molecule has 21 heavy (non-hydrogen) atoms. The van der Waals surface area contributed by atoms with Gasteiger partial charge in [-0.3, -0.25) is 9.59 Å². The molecule has 0 amide bonds. The Labute approximate surface area is 122 Å². The molecule has 1 aliphatic rings. The van der Waals surface area contributed by atoms with Crippen LogP contribution < -0.4 is 0 Å². The van der Waals surface area contributed by atoms with Gasteiger partial charge in [0.05, 0.1) is 10.8 Å². The number of hydrogen-bond donors (Lipinski definition) is 0. The van der Waals surface area contributed by atoms with E-state index in [0.717, 1.165) is 6.92 Å². The molecule has 0 radical (unpaired) electrons. The lowest BCUT2D eigenvalue weighted by atomic mass is 10.1. The second kappa shape index (κ2) is 5.55. The van der Waals surface area contributed by atoms with Gasteiger partial charge in [-0.1, -0.05) is 18.2 Å². The highest BCUT2D eigenvalue weighted by Gasteiger charge is 2.56. The van der Waals surface area contributed by atoms with Gasteiger partial charge in [0.2, 0.25) is 0 Å². The monoisotopic (exact) mass is 314 g/mol. The molecule has 1 fully saturated rings. The molecular formula is C14H15FO5S. The number of Topliss-reactive ketones (excluding diaryl/α,β-unsaturated/α-hetero) is 1. The summed E-state index contributed by atoms with van der Waals surface area (Å²) in [5.41, 5.74) is 0. The number of sulfone groups is 1. The zero-order valence-electron chi connectivity index (χ0n) is 11.4. The Bertz CT molecular complexity index is 655. The highest BCUT2D eigenvalue weighted by atomic mass is 32.2. The minimum Gasteiger partial charge on any atom is -0.414 e. The molecule has 2 unspecified atom stereocenters. The minimum absolute atomic E-state index is 0.0364. The average molecular weight is 314 g/mol. The van der Waals surface area contributed by atoms with Crippen molar-refractivity contribution in [3.63, 3.8) is 0 Å². The standard InChI is InChI=1S/C14H15FO5S/c1-10(16)20-14(15,11-7-8-12(17)9-11)21(18,19)13-5-3-2-4-6-13/h2-6,11H,7-9H2,1H3. The van der Waals surface area contributed by atoms with E-state index in [2.05, 4.69) is 4.74 Å². The first-order valence-electron chi connectivity index (χ1n) is 6.47. The van der Waals surface area contributed by atoms with E-state index < -0.39 is 26.9 Å². The predicted molar refractivity (Wildman–Crippen MR) is 71.6 cm³/mol. The van der Waals surface area contributed by atoms with Gasteiger partial charge in [-0.05, 0) is 18.6 Å². The molecule has 0 spiro atoms. The molecule has 1 aliphatic carbocycles. The maximum absolute atomic E-state index is 15.2. The van der Waals surface area contributed by atoms with Crippen LogP contribution in [-0.2, 0) is 24.2 Å². The third-order valence-electron chi connectivity index (χ3n) is 3.44. The first-order valence-corrected chi connectivity index (χ1v) is 7.95. The maximum Gasteiger partial charge on any atom is 0.359 e. The summed E-state index contributed by atoms with van der Waals surface area (Å²) in [5.74, 6) is -2.46. The number of ketones is 1. The molecule has 0 aromatic heterocycles. The number of rotatable bonds is 4. The van der Waals surface area contributed by atoms with Crippen molar-refractivity contribution in [1.29, 1.82) is 0 Å².